The van der Waals surface area contributed by atoms with Gasteiger partial charge < -0.3 is 25.5 Å². The summed E-state index contributed by atoms with van der Waals surface area (Å²) in [5, 5.41) is 15.4. The van der Waals surface area contributed by atoms with Crippen LogP contribution in [-0.4, -0.2) is 85.1 Å². The van der Waals surface area contributed by atoms with E-state index in [-0.39, 0.29) is 37.0 Å². The van der Waals surface area contributed by atoms with E-state index < -0.39 is 0 Å². The van der Waals surface area contributed by atoms with Crippen LogP contribution in [0, 0.1) is 0 Å². The largest absolute Gasteiger partial charge is 0.393 e. The number of aliphatic hydroxyl groups is 1. The first-order valence-electron chi connectivity index (χ1n) is 8.00. The third-order valence-corrected chi connectivity index (χ3v) is 3.48. The first-order chi connectivity index (χ1) is 10.8. The van der Waals surface area contributed by atoms with E-state index in [2.05, 4.69) is 15.6 Å². The van der Waals surface area contributed by atoms with Gasteiger partial charge in [-0.3, -0.25) is 9.59 Å². The molecule has 1 aliphatic rings. The van der Waals surface area contributed by atoms with Crippen molar-refractivity contribution in [1.82, 2.24) is 20.4 Å². The molecule has 0 atom stereocenters. The van der Waals surface area contributed by atoms with E-state index in [0.29, 0.717) is 31.9 Å². The predicted molar refractivity (Wildman–Crippen MR) is 89.1 cm³/mol. The van der Waals surface area contributed by atoms with E-state index in [4.69, 9.17) is 0 Å². The Bertz CT molecular complexity index is 429. The quantitative estimate of drug-likeness (QED) is 0.445. The lowest BCUT2D eigenvalue weighted by Gasteiger charge is -2.32. The first kappa shape index (κ1) is 19.2. The smallest absolute Gasteiger partial charge is 0.242 e. The van der Waals surface area contributed by atoms with Crippen molar-refractivity contribution in [3.8, 4) is 0 Å². The number of hydrogen-bond donors (Lipinski definition) is 3. The molecule has 0 spiro atoms. The van der Waals surface area contributed by atoms with Crippen LogP contribution in [0.4, 0.5) is 0 Å². The van der Waals surface area contributed by atoms with Crippen molar-refractivity contribution in [1.29, 1.82) is 0 Å². The molecule has 0 radical (unpaired) electrons. The number of aliphatic imine (C=N–C) groups is 1. The molecule has 3 N–H and O–H groups in total. The Labute approximate surface area is 137 Å². The molecule has 1 rings (SSSR count). The van der Waals surface area contributed by atoms with Crippen LogP contribution in [-0.2, 0) is 9.59 Å². The molecule has 8 nitrogen and oxygen atoms in total. The Hall–Kier alpha value is -1.83. The lowest BCUT2D eigenvalue weighted by Crippen LogP contribution is -2.49. The fraction of sp³-hybridized carbons (Fsp3) is 0.800. The summed E-state index contributed by atoms with van der Waals surface area (Å²) >= 11 is 0. The Morgan fingerprint density at radius 1 is 1.30 bits per heavy atom. The summed E-state index contributed by atoms with van der Waals surface area (Å²) in [6, 6.07) is 0.0644. The Morgan fingerprint density at radius 3 is 2.43 bits per heavy atom. The van der Waals surface area contributed by atoms with Crippen LogP contribution in [0.25, 0.3) is 0 Å². The molecular formula is C15H29N5O3. The van der Waals surface area contributed by atoms with E-state index in [9.17, 15) is 14.7 Å². The van der Waals surface area contributed by atoms with Gasteiger partial charge in [-0.25, -0.2) is 4.99 Å². The van der Waals surface area contributed by atoms with Crippen molar-refractivity contribution < 1.29 is 14.7 Å². The molecule has 1 saturated heterocycles. The van der Waals surface area contributed by atoms with E-state index in [0.717, 1.165) is 0 Å². The molecule has 0 aromatic carbocycles. The molecule has 0 aliphatic carbocycles. The van der Waals surface area contributed by atoms with Crippen molar-refractivity contribution in [3.63, 3.8) is 0 Å². The summed E-state index contributed by atoms with van der Waals surface area (Å²) < 4.78 is 0. The summed E-state index contributed by atoms with van der Waals surface area (Å²) in [5.74, 6) is 0.308. The average molecular weight is 327 g/mol. The Morgan fingerprint density at radius 2 is 1.91 bits per heavy atom. The molecule has 1 heterocycles. The van der Waals surface area contributed by atoms with Gasteiger partial charge in [-0.05, 0) is 26.7 Å². The van der Waals surface area contributed by atoms with Crippen LogP contribution < -0.4 is 10.6 Å². The number of piperidine rings is 1. The molecule has 0 aromatic rings. The maximum Gasteiger partial charge on any atom is 0.242 e. The minimum atomic E-state index is -0.292. The van der Waals surface area contributed by atoms with Crippen LogP contribution in [0.15, 0.2) is 4.99 Å². The van der Waals surface area contributed by atoms with Gasteiger partial charge >= 0.3 is 0 Å². The van der Waals surface area contributed by atoms with Crippen LogP contribution >= 0.6 is 0 Å². The molecule has 1 aliphatic heterocycles. The van der Waals surface area contributed by atoms with Crippen LogP contribution in [0.3, 0.4) is 0 Å². The molecule has 1 fully saturated rings. The summed E-state index contributed by atoms with van der Waals surface area (Å²) in [7, 11) is 3.38. The molecule has 2 amide bonds. The number of likely N-dealkylation sites (tertiary alicyclic amines) is 1. The second-order valence-electron chi connectivity index (χ2n) is 6.22. The summed E-state index contributed by atoms with van der Waals surface area (Å²) in [6.45, 7) is 5.21. The zero-order valence-electron chi connectivity index (χ0n) is 14.5. The molecule has 23 heavy (non-hydrogen) atoms. The van der Waals surface area contributed by atoms with Gasteiger partial charge in [0.2, 0.25) is 11.8 Å². The van der Waals surface area contributed by atoms with Gasteiger partial charge in [-0.2, -0.15) is 0 Å². The van der Waals surface area contributed by atoms with E-state index in [1.165, 1.54) is 4.90 Å². The average Bonchev–Trinajstić information content (AvgIpc) is 2.47. The Balaban J connectivity index is 2.67. The first-order valence-corrected chi connectivity index (χ1v) is 8.00. The summed E-state index contributed by atoms with van der Waals surface area (Å²) in [4.78, 5) is 31.3. The summed E-state index contributed by atoms with van der Waals surface area (Å²) in [6.07, 6.45) is 1.02. The SMILES string of the molecule is CC(C)NC(=O)CN=C(NCC(=O)N(C)C)N1CCC(O)CC1. The molecule has 8 heteroatoms. The molecular weight excluding hydrogens is 298 g/mol. The third kappa shape index (κ3) is 7.32. The number of nitrogens with one attached hydrogen (secondary N) is 2. The molecule has 132 valence electrons. The normalized spacial score (nSPS) is 16.4. The molecule has 0 unspecified atom stereocenters. The minimum absolute atomic E-state index is 0.00964. The highest BCUT2D eigenvalue weighted by Gasteiger charge is 2.20. The number of aliphatic hydroxyl groups excluding tert-OH is 1. The summed E-state index contributed by atoms with van der Waals surface area (Å²) in [5.41, 5.74) is 0. The number of nitrogens with zero attached hydrogens (tertiary/aromatic N) is 3. The van der Waals surface area contributed by atoms with Gasteiger partial charge in [0.1, 0.15) is 6.54 Å². The number of amides is 2. The molecule has 0 aromatic heterocycles. The fourth-order valence-corrected chi connectivity index (χ4v) is 2.17. The predicted octanol–water partition coefficient (Wildman–Crippen LogP) is -0.998. The fourth-order valence-electron chi connectivity index (χ4n) is 2.17. The monoisotopic (exact) mass is 327 g/mol. The number of carbonyl (C=O) groups is 2. The lowest BCUT2D eigenvalue weighted by molar-refractivity contribution is -0.127. The van der Waals surface area contributed by atoms with Gasteiger partial charge in [0.25, 0.3) is 0 Å². The lowest BCUT2D eigenvalue weighted by atomic mass is 10.1. The highest BCUT2D eigenvalue weighted by atomic mass is 16.3. The van der Waals surface area contributed by atoms with Crippen LogP contribution in [0.2, 0.25) is 0 Å². The van der Waals surface area contributed by atoms with Crippen LogP contribution in [0.1, 0.15) is 26.7 Å². The maximum absolute atomic E-state index is 11.8. The van der Waals surface area contributed by atoms with Gasteiger partial charge in [0.15, 0.2) is 5.96 Å². The number of carbonyl (C=O) groups excluding carboxylic acids is 2. The third-order valence-electron chi connectivity index (χ3n) is 3.48. The second kappa shape index (κ2) is 9.34. The highest BCUT2D eigenvalue weighted by Crippen LogP contribution is 2.09. The number of guanidine groups is 1. The number of rotatable bonds is 5. The molecule has 0 saturated carbocycles. The zero-order valence-corrected chi connectivity index (χ0v) is 14.5. The van der Waals surface area contributed by atoms with E-state index in [1.807, 2.05) is 18.7 Å². The van der Waals surface area contributed by atoms with Crippen molar-refractivity contribution in [2.45, 2.75) is 38.8 Å². The zero-order chi connectivity index (χ0) is 17.4. The van der Waals surface area contributed by atoms with Gasteiger partial charge in [0, 0.05) is 33.2 Å². The second-order valence-corrected chi connectivity index (χ2v) is 6.22. The van der Waals surface area contributed by atoms with Crippen molar-refractivity contribution in [2.75, 3.05) is 40.3 Å². The standard InChI is InChI=1S/C15H29N5O3/c1-11(2)18-13(22)9-16-15(17-10-14(23)19(3)4)20-7-5-12(21)6-8-20/h11-12,21H,5-10H2,1-4H3,(H,16,17)(H,18,22). The molecule has 0 bridgehead atoms. The maximum atomic E-state index is 11.8. The Kier molecular flexibility index (Phi) is 7.80. The van der Waals surface area contributed by atoms with Crippen LogP contribution in [0.5, 0.6) is 0 Å². The number of likely N-dealkylation sites (N-methyl/N-ethyl adjacent to an activating group) is 1. The van der Waals surface area contributed by atoms with Crippen molar-refractivity contribution >= 4 is 17.8 Å². The van der Waals surface area contributed by atoms with Gasteiger partial charge in [-0.1, -0.05) is 0 Å². The van der Waals surface area contributed by atoms with Gasteiger partial charge in [-0.15, -0.1) is 0 Å². The van der Waals surface area contributed by atoms with Crippen molar-refractivity contribution in [2.24, 2.45) is 4.99 Å². The van der Waals surface area contributed by atoms with Crippen molar-refractivity contribution in [3.05, 3.63) is 0 Å². The van der Waals surface area contributed by atoms with Gasteiger partial charge in [0.05, 0.1) is 12.6 Å². The number of hydrogen-bond acceptors (Lipinski definition) is 4. The van der Waals surface area contributed by atoms with E-state index >= 15 is 0 Å². The topological polar surface area (TPSA) is 97.3 Å². The minimum Gasteiger partial charge on any atom is -0.393 e. The highest BCUT2D eigenvalue weighted by molar-refractivity contribution is 5.88. The van der Waals surface area contributed by atoms with E-state index in [1.54, 1.807) is 14.1 Å².